The van der Waals surface area contributed by atoms with Crippen molar-refractivity contribution < 1.29 is 22.8 Å². The predicted molar refractivity (Wildman–Crippen MR) is 92.4 cm³/mol. The second kappa shape index (κ2) is 6.79. The van der Waals surface area contributed by atoms with Gasteiger partial charge in [0.05, 0.1) is 12.7 Å². The molecule has 2 heterocycles. The fourth-order valence-electron chi connectivity index (χ4n) is 3.06. The average molecular weight is 371 g/mol. The molecule has 27 heavy (non-hydrogen) atoms. The minimum absolute atomic E-state index is 0.0755. The molecule has 0 saturated carbocycles. The molecule has 8 heteroatoms. The van der Waals surface area contributed by atoms with Crippen molar-refractivity contribution in [2.75, 3.05) is 18.6 Å². The zero-order valence-electron chi connectivity index (χ0n) is 14.4. The Hall–Kier alpha value is -3.29. The number of benzene rings is 2. The first-order valence-electron chi connectivity index (χ1n) is 8.28. The van der Waals surface area contributed by atoms with Gasteiger partial charge in [-0.1, -0.05) is 5.16 Å². The van der Waals surface area contributed by atoms with Gasteiger partial charge in [-0.3, -0.25) is 4.79 Å². The van der Waals surface area contributed by atoms with E-state index in [1.54, 1.807) is 36.3 Å². The predicted octanol–water partition coefficient (Wildman–Crippen LogP) is 3.54. The highest BCUT2D eigenvalue weighted by molar-refractivity contribution is 5.96. The summed E-state index contributed by atoms with van der Waals surface area (Å²) in [4.78, 5) is 18.2. The zero-order valence-corrected chi connectivity index (χ0v) is 14.4. The van der Waals surface area contributed by atoms with Crippen molar-refractivity contribution in [3.63, 3.8) is 0 Å². The summed E-state index contributed by atoms with van der Waals surface area (Å²) in [5.41, 5.74) is 0.633. The van der Waals surface area contributed by atoms with Crippen LogP contribution in [0.15, 0.2) is 47.0 Å². The largest absolute Gasteiger partial charge is 0.497 e. The normalized spacial score (nSPS) is 16.8. The van der Waals surface area contributed by atoms with Crippen LogP contribution in [0.3, 0.4) is 0 Å². The third kappa shape index (κ3) is 3.25. The fourth-order valence-corrected chi connectivity index (χ4v) is 3.06. The highest BCUT2D eigenvalue weighted by atomic mass is 19.1. The van der Waals surface area contributed by atoms with Crippen LogP contribution in [0.5, 0.6) is 5.75 Å². The van der Waals surface area contributed by atoms with Gasteiger partial charge < -0.3 is 14.2 Å². The van der Waals surface area contributed by atoms with Gasteiger partial charge in [-0.15, -0.1) is 0 Å². The van der Waals surface area contributed by atoms with Gasteiger partial charge in [-0.05, 0) is 42.5 Å². The number of amides is 1. The van der Waals surface area contributed by atoms with Crippen molar-refractivity contribution in [1.82, 2.24) is 10.1 Å². The van der Waals surface area contributed by atoms with E-state index < -0.39 is 11.6 Å². The summed E-state index contributed by atoms with van der Waals surface area (Å²) in [5, 5.41) is 3.86. The molecule has 6 nitrogen and oxygen atoms in total. The molecule has 1 aliphatic heterocycles. The third-order valence-corrected chi connectivity index (χ3v) is 4.47. The Bertz CT molecular complexity index is 988. The van der Waals surface area contributed by atoms with Crippen molar-refractivity contribution >= 4 is 11.6 Å². The number of hydrogen-bond donors (Lipinski definition) is 0. The van der Waals surface area contributed by atoms with Gasteiger partial charge in [0.25, 0.3) is 5.89 Å². The van der Waals surface area contributed by atoms with Crippen LogP contribution < -0.4 is 9.64 Å². The minimum Gasteiger partial charge on any atom is -0.497 e. The van der Waals surface area contributed by atoms with Gasteiger partial charge in [0.2, 0.25) is 5.91 Å². The first-order valence-corrected chi connectivity index (χ1v) is 8.28. The molecule has 1 amide bonds. The summed E-state index contributed by atoms with van der Waals surface area (Å²) in [7, 11) is 1.57. The molecule has 1 aliphatic rings. The molecule has 1 aromatic heterocycles. The molecule has 0 aliphatic carbocycles. The van der Waals surface area contributed by atoms with E-state index in [2.05, 4.69) is 10.1 Å². The second-order valence-electron chi connectivity index (χ2n) is 6.19. The van der Waals surface area contributed by atoms with E-state index in [1.165, 1.54) is 0 Å². The Labute approximate surface area is 153 Å². The van der Waals surface area contributed by atoms with Crippen LogP contribution in [0.1, 0.15) is 18.2 Å². The van der Waals surface area contributed by atoms with Crippen LogP contribution >= 0.6 is 0 Å². The first kappa shape index (κ1) is 17.1. The van der Waals surface area contributed by atoms with E-state index >= 15 is 0 Å². The van der Waals surface area contributed by atoms with E-state index in [0.717, 1.165) is 23.9 Å². The lowest BCUT2D eigenvalue weighted by Crippen LogP contribution is -2.24. The fraction of sp³-hybridized carbons (Fsp3) is 0.211. The third-order valence-electron chi connectivity index (χ3n) is 4.47. The molecule has 3 aromatic rings. The summed E-state index contributed by atoms with van der Waals surface area (Å²) in [5.74, 6) is -0.763. The van der Waals surface area contributed by atoms with Crippen molar-refractivity contribution in [1.29, 1.82) is 0 Å². The molecule has 1 atom stereocenters. The number of ether oxygens (including phenoxy) is 1. The molecule has 138 valence electrons. The summed E-state index contributed by atoms with van der Waals surface area (Å²) >= 11 is 0. The highest BCUT2D eigenvalue weighted by Crippen LogP contribution is 2.32. The van der Waals surface area contributed by atoms with Gasteiger partial charge in [0.15, 0.2) is 5.82 Å². The van der Waals surface area contributed by atoms with Crippen LogP contribution in [0, 0.1) is 11.6 Å². The number of carbonyl (C=O) groups is 1. The number of anilines is 1. The van der Waals surface area contributed by atoms with Crippen LogP contribution in [0.4, 0.5) is 14.5 Å². The molecule has 0 unspecified atom stereocenters. The summed E-state index contributed by atoms with van der Waals surface area (Å²) in [6, 6.07) is 10.1. The number of rotatable bonds is 4. The maximum atomic E-state index is 13.9. The Morgan fingerprint density at radius 3 is 2.70 bits per heavy atom. The van der Waals surface area contributed by atoms with Crippen molar-refractivity contribution in [2.45, 2.75) is 12.3 Å². The number of methoxy groups -OCH3 is 1. The molecule has 0 bridgehead atoms. The zero-order chi connectivity index (χ0) is 19.0. The number of aromatic nitrogens is 2. The standard InChI is InChI=1S/C19H15F2N3O3/c1-26-14-5-3-13(4-6-14)24-10-11(8-17(24)25)18-22-19(27-23-18)15-9-12(20)2-7-16(15)21/h2-7,9,11H,8,10H2,1H3/t11-/m0/s1. The highest BCUT2D eigenvalue weighted by Gasteiger charge is 2.34. The SMILES string of the molecule is COc1ccc(N2C[C@@H](c3noc(-c4cc(F)ccc4F)n3)CC2=O)cc1. The van der Waals surface area contributed by atoms with Crippen LogP contribution in [-0.2, 0) is 4.79 Å². The van der Waals surface area contributed by atoms with Gasteiger partial charge >= 0.3 is 0 Å². The Morgan fingerprint density at radius 1 is 1.19 bits per heavy atom. The molecule has 0 spiro atoms. The smallest absolute Gasteiger partial charge is 0.261 e. The van der Waals surface area contributed by atoms with Crippen molar-refractivity contribution in [3.05, 3.63) is 59.9 Å². The number of hydrogen-bond acceptors (Lipinski definition) is 5. The van der Waals surface area contributed by atoms with Gasteiger partial charge in [0, 0.05) is 24.6 Å². The maximum Gasteiger partial charge on any atom is 0.261 e. The topological polar surface area (TPSA) is 68.5 Å². The van der Waals surface area contributed by atoms with Crippen LogP contribution in [0.2, 0.25) is 0 Å². The Kier molecular flexibility index (Phi) is 4.31. The number of carbonyl (C=O) groups excluding carboxylic acids is 1. The quantitative estimate of drug-likeness (QED) is 0.702. The lowest BCUT2D eigenvalue weighted by Gasteiger charge is -2.16. The van der Waals surface area contributed by atoms with E-state index in [9.17, 15) is 13.6 Å². The summed E-state index contributed by atoms with van der Waals surface area (Å²) < 4.78 is 37.5. The van der Waals surface area contributed by atoms with E-state index in [0.29, 0.717) is 12.3 Å². The lowest BCUT2D eigenvalue weighted by molar-refractivity contribution is -0.117. The number of halogens is 2. The average Bonchev–Trinajstić information content (AvgIpc) is 3.31. The van der Waals surface area contributed by atoms with E-state index in [-0.39, 0.29) is 35.5 Å². The van der Waals surface area contributed by atoms with Crippen LogP contribution in [0.25, 0.3) is 11.5 Å². The lowest BCUT2D eigenvalue weighted by atomic mass is 10.1. The van der Waals surface area contributed by atoms with E-state index in [4.69, 9.17) is 9.26 Å². The summed E-state index contributed by atoms with van der Waals surface area (Å²) in [6.07, 6.45) is 0.205. The number of nitrogens with zero attached hydrogens (tertiary/aromatic N) is 3. The van der Waals surface area contributed by atoms with Gasteiger partial charge in [0.1, 0.15) is 17.4 Å². The first-order chi connectivity index (χ1) is 13.0. The van der Waals surface area contributed by atoms with Crippen molar-refractivity contribution in [2.24, 2.45) is 0 Å². The van der Waals surface area contributed by atoms with Gasteiger partial charge in [-0.25, -0.2) is 8.78 Å². The van der Waals surface area contributed by atoms with Crippen molar-refractivity contribution in [3.8, 4) is 17.2 Å². The second-order valence-corrected chi connectivity index (χ2v) is 6.19. The van der Waals surface area contributed by atoms with E-state index in [1.807, 2.05) is 0 Å². The molecular weight excluding hydrogens is 356 g/mol. The molecular formula is C19H15F2N3O3. The molecule has 1 fully saturated rings. The van der Waals surface area contributed by atoms with Gasteiger partial charge in [-0.2, -0.15) is 4.98 Å². The molecule has 1 saturated heterocycles. The molecule has 0 radical (unpaired) electrons. The molecule has 2 aromatic carbocycles. The minimum atomic E-state index is -0.658. The Morgan fingerprint density at radius 2 is 1.96 bits per heavy atom. The molecule has 4 rings (SSSR count). The monoisotopic (exact) mass is 371 g/mol. The maximum absolute atomic E-state index is 13.9. The molecule has 0 N–H and O–H groups in total. The summed E-state index contributed by atoms with van der Waals surface area (Å²) in [6.45, 7) is 0.371. The van der Waals surface area contributed by atoms with Crippen LogP contribution in [-0.4, -0.2) is 29.7 Å². The Balaban J connectivity index is 1.56.